The average molecular weight is 385 g/mol. The third-order valence-corrected chi connectivity index (χ3v) is 6.14. The number of aromatic nitrogens is 4. The Kier molecular flexibility index (Phi) is 3.50. The molecule has 2 aromatic heterocycles. The Balaban J connectivity index is 1.61. The summed E-state index contributed by atoms with van der Waals surface area (Å²) in [7, 11) is 0. The molecule has 0 aromatic carbocycles. The average Bonchev–Trinajstić information content (AvgIpc) is 3.18. The van der Waals surface area contributed by atoms with E-state index >= 15 is 0 Å². The van der Waals surface area contributed by atoms with Crippen LogP contribution in [-0.2, 0) is 4.74 Å². The van der Waals surface area contributed by atoms with Crippen LogP contribution >= 0.6 is 11.6 Å². The summed E-state index contributed by atoms with van der Waals surface area (Å²) in [5, 5.41) is 0.00795. The van der Waals surface area contributed by atoms with E-state index in [1.165, 1.54) is 0 Å². The van der Waals surface area contributed by atoms with E-state index < -0.39 is 12.1 Å². The molecule has 3 fully saturated rings. The van der Waals surface area contributed by atoms with Crippen LogP contribution in [0.3, 0.4) is 0 Å². The third-order valence-electron chi connectivity index (χ3n) is 5.97. The van der Waals surface area contributed by atoms with Gasteiger partial charge in [-0.15, -0.1) is 0 Å². The number of ether oxygens (including phenoxy) is 1. The van der Waals surface area contributed by atoms with Crippen LogP contribution in [0.5, 0.6) is 0 Å². The Bertz CT molecular complexity index is 902. The highest BCUT2D eigenvalue weighted by Gasteiger charge is 2.63. The Hall–Kier alpha value is -1.54. The lowest BCUT2D eigenvalue weighted by atomic mass is 9.93. The van der Waals surface area contributed by atoms with Gasteiger partial charge in [-0.1, -0.05) is 0 Å². The van der Waals surface area contributed by atoms with Crippen molar-refractivity contribution in [2.75, 3.05) is 13.2 Å². The van der Waals surface area contributed by atoms with E-state index in [1.807, 2.05) is 6.92 Å². The maximum absolute atomic E-state index is 13.3. The minimum absolute atomic E-state index is 0.00520. The summed E-state index contributed by atoms with van der Waals surface area (Å²) in [5.41, 5.74) is 2.92. The quantitative estimate of drug-likeness (QED) is 0.737. The summed E-state index contributed by atoms with van der Waals surface area (Å²) in [6.07, 6.45) is -3.54. The standard InChI is InChI=1S/C17H16ClF3N4O/c1-6-12(7-4-26-5-7)23-14-13(24-16(18)25-15(14)22-6)10-3-11(17(19,20)21)9-2-8(9)10/h7-11H,2-5H2,1H3/t8?,9?,10?,11-/m0/s1. The van der Waals surface area contributed by atoms with Crippen molar-refractivity contribution < 1.29 is 17.9 Å². The Morgan fingerprint density at radius 1 is 1.00 bits per heavy atom. The number of rotatable bonds is 2. The molecule has 2 saturated carbocycles. The van der Waals surface area contributed by atoms with Crippen molar-refractivity contribution in [3.05, 3.63) is 22.4 Å². The lowest BCUT2D eigenvalue weighted by Crippen LogP contribution is -2.27. The molecule has 0 N–H and O–H groups in total. The normalized spacial score (nSPS) is 31.1. The zero-order valence-electron chi connectivity index (χ0n) is 13.9. The van der Waals surface area contributed by atoms with E-state index in [0.717, 1.165) is 11.4 Å². The van der Waals surface area contributed by atoms with Crippen LogP contribution in [0, 0.1) is 24.7 Å². The number of nitrogens with zero attached hydrogens (tertiary/aromatic N) is 4. The molecule has 0 amide bonds. The van der Waals surface area contributed by atoms with Gasteiger partial charge in [-0.05, 0) is 43.2 Å². The van der Waals surface area contributed by atoms with Crippen LogP contribution in [0.4, 0.5) is 13.2 Å². The predicted molar refractivity (Wildman–Crippen MR) is 86.9 cm³/mol. The third kappa shape index (κ3) is 2.49. The number of aryl methyl sites for hydroxylation is 1. The van der Waals surface area contributed by atoms with E-state index in [0.29, 0.717) is 36.5 Å². The van der Waals surface area contributed by atoms with Crippen LogP contribution < -0.4 is 0 Å². The highest BCUT2D eigenvalue weighted by molar-refractivity contribution is 6.28. The van der Waals surface area contributed by atoms with Crippen LogP contribution in [0.15, 0.2) is 0 Å². The smallest absolute Gasteiger partial charge is 0.380 e. The molecule has 2 aromatic rings. The number of fused-ring (bicyclic) bond motifs is 2. The molecule has 9 heteroatoms. The largest absolute Gasteiger partial charge is 0.392 e. The molecule has 4 atom stereocenters. The summed E-state index contributed by atoms with van der Waals surface area (Å²) in [4.78, 5) is 17.7. The summed E-state index contributed by atoms with van der Waals surface area (Å²) in [5.74, 6) is -1.71. The van der Waals surface area contributed by atoms with Crippen molar-refractivity contribution in [2.24, 2.45) is 17.8 Å². The number of alkyl halides is 3. The molecule has 138 valence electrons. The maximum atomic E-state index is 13.3. The second kappa shape index (κ2) is 5.48. The second-order valence-electron chi connectivity index (χ2n) is 7.53. The lowest BCUT2D eigenvalue weighted by Gasteiger charge is -2.26. The summed E-state index contributed by atoms with van der Waals surface area (Å²) >= 11 is 6.05. The first kappa shape index (κ1) is 16.6. The monoisotopic (exact) mass is 384 g/mol. The van der Waals surface area contributed by atoms with E-state index in [9.17, 15) is 13.2 Å². The molecular weight excluding hydrogens is 369 g/mol. The molecule has 5 rings (SSSR count). The molecule has 26 heavy (non-hydrogen) atoms. The zero-order valence-corrected chi connectivity index (χ0v) is 14.7. The van der Waals surface area contributed by atoms with Gasteiger partial charge in [0.05, 0.1) is 36.2 Å². The van der Waals surface area contributed by atoms with Crippen molar-refractivity contribution in [1.29, 1.82) is 0 Å². The lowest BCUT2D eigenvalue weighted by molar-refractivity contribution is -0.178. The fourth-order valence-electron chi connectivity index (χ4n) is 4.55. The highest BCUT2D eigenvalue weighted by Crippen LogP contribution is 2.65. The summed E-state index contributed by atoms with van der Waals surface area (Å²) < 4.78 is 45.1. The molecule has 1 aliphatic heterocycles. The van der Waals surface area contributed by atoms with Gasteiger partial charge < -0.3 is 4.74 Å². The molecule has 0 spiro atoms. The van der Waals surface area contributed by atoms with Crippen LogP contribution in [0.1, 0.15) is 41.8 Å². The molecule has 0 radical (unpaired) electrons. The first-order chi connectivity index (χ1) is 12.3. The van der Waals surface area contributed by atoms with E-state index in [2.05, 4.69) is 15.0 Å². The van der Waals surface area contributed by atoms with Gasteiger partial charge in [-0.2, -0.15) is 18.2 Å². The molecule has 5 nitrogen and oxygen atoms in total. The summed E-state index contributed by atoms with van der Waals surface area (Å²) in [6, 6.07) is 0. The van der Waals surface area contributed by atoms with Crippen molar-refractivity contribution in [1.82, 2.24) is 19.9 Å². The van der Waals surface area contributed by atoms with Gasteiger partial charge in [-0.3, -0.25) is 0 Å². The van der Waals surface area contributed by atoms with Gasteiger partial charge in [0, 0.05) is 11.8 Å². The van der Waals surface area contributed by atoms with Gasteiger partial charge in [0.1, 0.15) is 5.52 Å². The minimum Gasteiger partial charge on any atom is -0.380 e. The zero-order chi connectivity index (χ0) is 18.2. The summed E-state index contributed by atoms with van der Waals surface area (Å²) in [6.45, 7) is 3.01. The Labute approximate surface area is 152 Å². The van der Waals surface area contributed by atoms with Gasteiger partial charge in [-0.25, -0.2) is 15.0 Å². The molecular formula is C17H16ClF3N4O. The predicted octanol–water partition coefficient (Wildman–Crippen LogP) is 3.80. The molecule has 3 heterocycles. The van der Waals surface area contributed by atoms with E-state index in [-0.39, 0.29) is 35.4 Å². The number of hydrogen-bond donors (Lipinski definition) is 0. The molecule has 2 aliphatic carbocycles. The van der Waals surface area contributed by atoms with Gasteiger partial charge in [0.2, 0.25) is 5.28 Å². The van der Waals surface area contributed by atoms with Crippen molar-refractivity contribution in [3.8, 4) is 0 Å². The van der Waals surface area contributed by atoms with E-state index in [1.54, 1.807) is 0 Å². The Morgan fingerprint density at radius 2 is 1.77 bits per heavy atom. The molecule has 1 saturated heterocycles. The van der Waals surface area contributed by atoms with Gasteiger partial charge in [0.25, 0.3) is 0 Å². The van der Waals surface area contributed by atoms with Crippen LogP contribution in [0.2, 0.25) is 5.28 Å². The second-order valence-corrected chi connectivity index (χ2v) is 7.87. The van der Waals surface area contributed by atoms with E-state index in [4.69, 9.17) is 21.3 Å². The minimum atomic E-state index is -4.17. The SMILES string of the molecule is Cc1nc2nc(Cl)nc(C3C[C@H](C(F)(F)F)C4CC34)c2nc1C1COC1. The molecule has 0 bridgehead atoms. The molecule has 3 aliphatic rings. The number of hydrogen-bond acceptors (Lipinski definition) is 5. The van der Waals surface area contributed by atoms with Crippen LogP contribution in [-0.4, -0.2) is 39.3 Å². The molecule has 3 unspecified atom stereocenters. The first-order valence-corrected chi connectivity index (χ1v) is 9.07. The highest BCUT2D eigenvalue weighted by atomic mass is 35.5. The van der Waals surface area contributed by atoms with Crippen molar-refractivity contribution >= 4 is 22.8 Å². The van der Waals surface area contributed by atoms with Gasteiger partial charge >= 0.3 is 6.18 Å². The fourth-order valence-corrected chi connectivity index (χ4v) is 4.72. The van der Waals surface area contributed by atoms with Gasteiger partial charge in [0.15, 0.2) is 5.65 Å². The topological polar surface area (TPSA) is 60.8 Å². The fraction of sp³-hybridized carbons (Fsp3) is 0.647. The maximum Gasteiger partial charge on any atom is 0.392 e. The Morgan fingerprint density at radius 3 is 2.38 bits per heavy atom. The number of halogens is 4. The first-order valence-electron chi connectivity index (χ1n) is 8.69. The van der Waals surface area contributed by atoms with Crippen molar-refractivity contribution in [3.63, 3.8) is 0 Å². The van der Waals surface area contributed by atoms with Crippen molar-refractivity contribution in [2.45, 2.75) is 37.8 Å². The van der Waals surface area contributed by atoms with Crippen LogP contribution in [0.25, 0.3) is 11.2 Å².